The molecule has 0 unspecified atom stereocenters. The average Bonchev–Trinajstić information content (AvgIpc) is 1.35. The molecule has 0 bridgehead atoms. The molecule has 0 aromatic rings. The van der Waals surface area contributed by atoms with Gasteiger partial charge in [0.2, 0.25) is 0 Å². The average molecular weight is 173 g/mol. The van der Waals surface area contributed by atoms with Crippen LogP contribution in [0.25, 0.3) is 0 Å². The Bertz CT molecular complexity index is 29.3. The van der Waals surface area contributed by atoms with Gasteiger partial charge in [-0.1, -0.05) is 0 Å². The molecular weight excluding hydrogens is 161 g/mol. The quantitative estimate of drug-likeness (QED) is 0.562. The molecule has 0 aromatic carbocycles. The van der Waals surface area contributed by atoms with Gasteiger partial charge in [-0.05, 0) is 0 Å². The fourth-order valence-corrected chi connectivity index (χ4v) is 2.12. The van der Waals surface area contributed by atoms with Gasteiger partial charge in [-0.3, -0.25) is 0 Å². The summed E-state index contributed by atoms with van der Waals surface area (Å²) in [6.45, 7) is 4.55. The van der Waals surface area contributed by atoms with Gasteiger partial charge in [0.25, 0.3) is 0 Å². The van der Waals surface area contributed by atoms with E-state index >= 15 is 0 Å². The van der Waals surface area contributed by atoms with Crippen LogP contribution in [-0.4, -0.2) is 0 Å². The largest absolute Gasteiger partial charge is 0.147 e. The topological polar surface area (TPSA) is 0 Å². The first-order valence-corrected chi connectivity index (χ1v) is 4.66. The zero-order valence-corrected chi connectivity index (χ0v) is 8.89. The van der Waals surface area contributed by atoms with Crippen LogP contribution in [0.4, 0.5) is 0 Å². The van der Waals surface area contributed by atoms with Crippen LogP contribution in [0.5, 0.6) is 0 Å². The van der Waals surface area contributed by atoms with Gasteiger partial charge in [0, 0.05) is 0 Å². The minimum absolute atomic E-state index is 0. The first-order valence-electron chi connectivity index (χ1n) is 2.56. The van der Waals surface area contributed by atoms with Crippen molar-refractivity contribution in [1.82, 2.24) is 0 Å². The van der Waals surface area contributed by atoms with E-state index in [0.717, 1.165) is 5.92 Å². The molecule has 0 spiro atoms. The van der Waals surface area contributed by atoms with E-state index in [1.165, 1.54) is 29.7 Å². The van der Waals surface area contributed by atoms with Gasteiger partial charge in [-0.25, -0.2) is 0 Å². The third-order valence-electron chi connectivity index (χ3n) is 0.781. The molecule has 0 N–H and O–H groups in total. The van der Waals surface area contributed by atoms with Crippen LogP contribution in [-0.2, 0) is 18.3 Å². The van der Waals surface area contributed by atoms with E-state index in [2.05, 4.69) is 13.8 Å². The maximum Gasteiger partial charge on any atom is -0.147 e. The van der Waals surface area contributed by atoms with Crippen LogP contribution in [0.1, 0.15) is 20.3 Å². The molecular formula is C5H12ClZn. The van der Waals surface area contributed by atoms with Crippen molar-refractivity contribution in [3.63, 3.8) is 0 Å². The molecule has 0 aliphatic heterocycles. The molecule has 41 valence electrons. The number of hydrogen-bond donors (Lipinski definition) is 0. The Morgan fingerprint density at radius 3 is 1.86 bits per heavy atom. The number of halogens is 1. The fraction of sp³-hybridized carbons (Fsp3) is 1.00. The van der Waals surface area contributed by atoms with Crippen molar-refractivity contribution in [2.45, 2.75) is 25.3 Å². The molecule has 7 heavy (non-hydrogen) atoms. The van der Waals surface area contributed by atoms with E-state index in [4.69, 9.17) is 0 Å². The van der Waals surface area contributed by atoms with Gasteiger partial charge in [0.15, 0.2) is 0 Å². The molecule has 0 nitrogen and oxygen atoms in total. The van der Waals surface area contributed by atoms with Gasteiger partial charge in [0.1, 0.15) is 0 Å². The van der Waals surface area contributed by atoms with Crippen LogP contribution in [0.3, 0.4) is 0 Å². The molecule has 0 saturated heterocycles. The predicted molar refractivity (Wildman–Crippen MR) is 31.5 cm³/mol. The third kappa shape index (κ3) is 10.9. The summed E-state index contributed by atoms with van der Waals surface area (Å²) >= 11 is 1.47. The van der Waals surface area contributed by atoms with Crippen molar-refractivity contribution < 1.29 is 18.3 Å². The molecule has 0 aliphatic carbocycles. The van der Waals surface area contributed by atoms with E-state index < -0.39 is 0 Å². The summed E-state index contributed by atoms with van der Waals surface area (Å²) in [5, 5.41) is 1.46. The molecule has 0 atom stereocenters. The number of hydrogen-bond acceptors (Lipinski definition) is 0. The Morgan fingerprint density at radius 2 is 1.86 bits per heavy atom. The van der Waals surface area contributed by atoms with E-state index in [1.807, 2.05) is 0 Å². The Balaban J connectivity index is 0. The molecule has 0 heterocycles. The fourth-order valence-electron chi connectivity index (χ4n) is 0.408. The van der Waals surface area contributed by atoms with Gasteiger partial charge in [-0.15, -0.1) is 12.4 Å². The molecule has 0 aromatic heterocycles. The van der Waals surface area contributed by atoms with E-state index in [9.17, 15) is 0 Å². The summed E-state index contributed by atoms with van der Waals surface area (Å²) in [4.78, 5) is 0. The maximum atomic E-state index is 2.27. The van der Waals surface area contributed by atoms with Crippen molar-refractivity contribution in [3.05, 3.63) is 0 Å². The second-order valence-corrected chi connectivity index (χ2v) is 3.52. The Labute approximate surface area is 62.2 Å². The maximum absolute atomic E-state index is 2.27. The zero-order valence-electron chi connectivity index (χ0n) is 5.11. The second kappa shape index (κ2) is 6.91. The summed E-state index contributed by atoms with van der Waals surface area (Å²) in [5.41, 5.74) is 0. The summed E-state index contributed by atoms with van der Waals surface area (Å²) in [6, 6.07) is 0. The normalized spacial score (nSPS) is 8.71. The van der Waals surface area contributed by atoms with Gasteiger partial charge < -0.3 is 0 Å². The van der Waals surface area contributed by atoms with Crippen LogP contribution in [0, 0.1) is 5.92 Å². The Morgan fingerprint density at radius 1 is 1.43 bits per heavy atom. The minimum atomic E-state index is 0. The second-order valence-electron chi connectivity index (χ2n) is 2.04. The van der Waals surface area contributed by atoms with Gasteiger partial charge in [0.05, 0.1) is 0 Å². The van der Waals surface area contributed by atoms with Crippen molar-refractivity contribution in [3.8, 4) is 0 Å². The monoisotopic (exact) mass is 171 g/mol. The van der Waals surface area contributed by atoms with Crippen LogP contribution in [0.15, 0.2) is 0 Å². The van der Waals surface area contributed by atoms with Crippen LogP contribution in [0.2, 0.25) is 5.02 Å². The van der Waals surface area contributed by atoms with Crippen molar-refractivity contribution in [1.29, 1.82) is 0 Å². The molecule has 0 fully saturated rings. The minimum Gasteiger partial charge on any atom is -0.147 e. The molecule has 2 heteroatoms. The third-order valence-corrected chi connectivity index (χ3v) is 1.64. The molecule has 0 saturated carbocycles. The summed E-state index contributed by atoms with van der Waals surface area (Å²) in [6.07, 6.45) is 1.43. The molecule has 0 aliphatic rings. The van der Waals surface area contributed by atoms with Crippen molar-refractivity contribution >= 4 is 12.4 Å². The van der Waals surface area contributed by atoms with E-state index in [-0.39, 0.29) is 12.4 Å². The number of rotatable bonds is 2. The summed E-state index contributed by atoms with van der Waals surface area (Å²) in [7, 11) is 0. The molecule has 0 rings (SSSR count). The van der Waals surface area contributed by atoms with Gasteiger partial charge in [-0.2, -0.15) is 0 Å². The van der Waals surface area contributed by atoms with Gasteiger partial charge >= 0.3 is 49.5 Å². The smallest absolute Gasteiger partial charge is 0.147 e. The van der Waals surface area contributed by atoms with Crippen molar-refractivity contribution in [2.75, 3.05) is 0 Å². The predicted octanol–water partition coefficient (Wildman–Crippen LogP) is 2.42. The standard InChI is InChI=1S/C5H11.ClH.Zn/c1-4-5(2)3;;/h5H,1,4H2,2-3H3;1H;. The van der Waals surface area contributed by atoms with E-state index in [0.29, 0.717) is 0 Å². The van der Waals surface area contributed by atoms with Crippen LogP contribution < -0.4 is 0 Å². The zero-order chi connectivity index (χ0) is 4.99. The van der Waals surface area contributed by atoms with Crippen molar-refractivity contribution in [2.24, 2.45) is 5.92 Å². The Hall–Kier alpha value is 0.913. The Kier molecular flexibility index (Phi) is 10.7. The molecule has 0 radical (unpaired) electrons. The summed E-state index contributed by atoms with van der Waals surface area (Å²) < 4.78 is 0. The molecule has 0 amide bonds. The first kappa shape index (κ1) is 10.8. The SMILES string of the molecule is CC(C)C[CH2][Zn].Cl. The summed E-state index contributed by atoms with van der Waals surface area (Å²) in [5.74, 6) is 0.929. The van der Waals surface area contributed by atoms with Crippen LogP contribution >= 0.6 is 12.4 Å². The first-order chi connectivity index (χ1) is 2.77. The van der Waals surface area contributed by atoms with E-state index in [1.54, 1.807) is 0 Å².